The van der Waals surface area contributed by atoms with Crippen molar-refractivity contribution in [2.75, 3.05) is 0 Å². The first kappa shape index (κ1) is 13.9. The molecule has 5 aromatic rings. The lowest BCUT2D eigenvalue weighted by atomic mass is 10.1. The van der Waals surface area contributed by atoms with Gasteiger partial charge in [0, 0.05) is 34.2 Å². The molecule has 2 N–H and O–H groups in total. The number of nitrogens with one attached hydrogen (secondary N) is 2. The lowest BCUT2D eigenvalue weighted by Gasteiger charge is -2.10. The van der Waals surface area contributed by atoms with Crippen LogP contribution in [0.1, 0.15) is 0 Å². The quantitative estimate of drug-likeness (QED) is 0.494. The van der Waals surface area contributed by atoms with Crippen LogP contribution in [0.5, 0.6) is 0 Å². The molecule has 0 aliphatic carbocycles. The number of aromatic amines is 2. The summed E-state index contributed by atoms with van der Waals surface area (Å²) in [5.41, 5.74) is 3.64. The SMILES string of the molecule is O=c1[nH]cc(-c2c[nH]c3ccccc23)n1-c1cccc2ccccc12. The Labute approximate surface area is 143 Å². The molecule has 4 nitrogen and oxygen atoms in total. The number of para-hydroxylation sites is 1. The van der Waals surface area contributed by atoms with Crippen molar-refractivity contribution >= 4 is 21.7 Å². The van der Waals surface area contributed by atoms with Gasteiger partial charge in [-0.3, -0.25) is 4.57 Å². The third kappa shape index (κ3) is 2.04. The smallest absolute Gasteiger partial charge is 0.330 e. The Hall–Kier alpha value is -3.53. The van der Waals surface area contributed by atoms with Crippen molar-refractivity contribution in [1.29, 1.82) is 0 Å². The molecule has 0 fully saturated rings. The number of nitrogens with zero attached hydrogens (tertiary/aromatic N) is 1. The fourth-order valence-corrected chi connectivity index (χ4v) is 3.49. The van der Waals surface area contributed by atoms with Crippen LogP contribution in [0.25, 0.3) is 38.6 Å². The Morgan fingerprint density at radius 3 is 2.40 bits per heavy atom. The van der Waals surface area contributed by atoms with Crippen LogP contribution in [0, 0.1) is 0 Å². The molecule has 0 saturated carbocycles. The van der Waals surface area contributed by atoms with E-state index in [-0.39, 0.29) is 5.69 Å². The molecule has 2 aromatic heterocycles. The highest BCUT2D eigenvalue weighted by molar-refractivity contribution is 5.96. The predicted molar refractivity (Wildman–Crippen MR) is 101 cm³/mol. The highest BCUT2D eigenvalue weighted by Crippen LogP contribution is 2.30. The van der Waals surface area contributed by atoms with E-state index in [4.69, 9.17) is 0 Å². The van der Waals surface area contributed by atoms with Gasteiger partial charge in [-0.15, -0.1) is 0 Å². The molecule has 0 spiro atoms. The summed E-state index contributed by atoms with van der Waals surface area (Å²) in [6.07, 6.45) is 3.73. The fourth-order valence-electron chi connectivity index (χ4n) is 3.49. The first-order valence-electron chi connectivity index (χ1n) is 8.18. The fraction of sp³-hybridized carbons (Fsp3) is 0. The van der Waals surface area contributed by atoms with Crippen LogP contribution in [-0.2, 0) is 0 Å². The summed E-state index contributed by atoms with van der Waals surface area (Å²) in [7, 11) is 0. The van der Waals surface area contributed by atoms with Crippen molar-refractivity contribution in [3.05, 3.63) is 89.6 Å². The molecule has 0 aliphatic heterocycles. The number of hydrogen-bond acceptors (Lipinski definition) is 1. The molecule has 4 heteroatoms. The minimum atomic E-state index is -0.142. The molecular weight excluding hydrogens is 310 g/mol. The summed E-state index contributed by atoms with van der Waals surface area (Å²) in [6, 6.07) is 22.2. The average molecular weight is 325 g/mol. The van der Waals surface area contributed by atoms with Crippen LogP contribution < -0.4 is 5.69 Å². The summed E-state index contributed by atoms with van der Waals surface area (Å²) in [6.45, 7) is 0. The van der Waals surface area contributed by atoms with Crippen molar-refractivity contribution in [2.45, 2.75) is 0 Å². The van der Waals surface area contributed by atoms with E-state index in [1.54, 1.807) is 10.8 Å². The van der Waals surface area contributed by atoms with Crippen LogP contribution in [0.15, 0.2) is 83.9 Å². The number of aromatic nitrogens is 3. The van der Waals surface area contributed by atoms with Crippen molar-refractivity contribution in [1.82, 2.24) is 14.5 Å². The van der Waals surface area contributed by atoms with Gasteiger partial charge >= 0.3 is 5.69 Å². The Kier molecular flexibility index (Phi) is 2.91. The normalized spacial score (nSPS) is 11.4. The summed E-state index contributed by atoms with van der Waals surface area (Å²) < 4.78 is 1.75. The Balaban J connectivity index is 1.84. The first-order chi connectivity index (χ1) is 12.3. The third-order valence-electron chi connectivity index (χ3n) is 4.65. The molecule has 3 aromatic carbocycles. The second-order valence-electron chi connectivity index (χ2n) is 6.06. The zero-order valence-corrected chi connectivity index (χ0v) is 13.4. The van der Waals surface area contributed by atoms with Gasteiger partial charge in [0.15, 0.2) is 0 Å². The maximum Gasteiger partial charge on any atom is 0.330 e. The Bertz CT molecular complexity index is 1270. The van der Waals surface area contributed by atoms with Crippen LogP contribution in [0.3, 0.4) is 0 Å². The number of hydrogen-bond donors (Lipinski definition) is 2. The van der Waals surface area contributed by atoms with Gasteiger partial charge in [0.2, 0.25) is 0 Å². The number of fused-ring (bicyclic) bond motifs is 2. The maximum absolute atomic E-state index is 12.6. The van der Waals surface area contributed by atoms with Crippen LogP contribution in [0.4, 0.5) is 0 Å². The van der Waals surface area contributed by atoms with Gasteiger partial charge in [0.25, 0.3) is 0 Å². The van der Waals surface area contributed by atoms with E-state index >= 15 is 0 Å². The lowest BCUT2D eigenvalue weighted by molar-refractivity contribution is 1.00. The minimum Gasteiger partial charge on any atom is -0.360 e. The minimum absolute atomic E-state index is 0.142. The Morgan fingerprint density at radius 2 is 1.48 bits per heavy atom. The van der Waals surface area contributed by atoms with E-state index in [0.29, 0.717) is 0 Å². The molecule has 120 valence electrons. The van der Waals surface area contributed by atoms with Gasteiger partial charge in [-0.1, -0.05) is 54.6 Å². The van der Waals surface area contributed by atoms with E-state index in [2.05, 4.69) is 28.2 Å². The molecule has 25 heavy (non-hydrogen) atoms. The van der Waals surface area contributed by atoms with Gasteiger partial charge in [-0.05, 0) is 17.5 Å². The van der Waals surface area contributed by atoms with E-state index in [9.17, 15) is 4.79 Å². The van der Waals surface area contributed by atoms with Gasteiger partial charge < -0.3 is 9.97 Å². The molecule has 5 rings (SSSR count). The van der Waals surface area contributed by atoms with Gasteiger partial charge in [-0.2, -0.15) is 0 Å². The number of rotatable bonds is 2. The zero-order valence-electron chi connectivity index (χ0n) is 13.4. The summed E-state index contributed by atoms with van der Waals surface area (Å²) in [4.78, 5) is 18.7. The van der Waals surface area contributed by atoms with Crippen LogP contribution >= 0.6 is 0 Å². The summed E-state index contributed by atoms with van der Waals surface area (Å²) >= 11 is 0. The van der Waals surface area contributed by atoms with E-state index in [0.717, 1.165) is 38.6 Å². The molecular formula is C21H15N3O. The van der Waals surface area contributed by atoms with Crippen LogP contribution in [-0.4, -0.2) is 14.5 Å². The molecule has 2 heterocycles. The molecule has 0 unspecified atom stereocenters. The van der Waals surface area contributed by atoms with Gasteiger partial charge in [-0.25, -0.2) is 4.79 Å². The van der Waals surface area contributed by atoms with Crippen molar-refractivity contribution in [2.24, 2.45) is 0 Å². The highest BCUT2D eigenvalue weighted by Gasteiger charge is 2.15. The molecule has 0 atom stereocenters. The molecule has 0 aliphatic rings. The average Bonchev–Trinajstić information content (AvgIpc) is 3.24. The van der Waals surface area contributed by atoms with E-state index < -0.39 is 0 Å². The van der Waals surface area contributed by atoms with E-state index in [1.165, 1.54) is 0 Å². The highest BCUT2D eigenvalue weighted by atomic mass is 16.1. The monoisotopic (exact) mass is 325 g/mol. The third-order valence-corrected chi connectivity index (χ3v) is 4.65. The Morgan fingerprint density at radius 1 is 0.720 bits per heavy atom. The van der Waals surface area contributed by atoms with Crippen molar-refractivity contribution in [3.63, 3.8) is 0 Å². The molecule has 0 bridgehead atoms. The topological polar surface area (TPSA) is 53.6 Å². The second kappa shape index (κ2) is 5.24. The largest absolute Gasteiger partial charge is 0.360 e. The van der Waals surface area contributed by atoms with Crippen molar-refractivity contribution < 1.29 is 0 Å². The first-order valence-corrected chi connectivity index (χ1v) is 8.18. The maximum atomic E-state index is 12.6. The standard InChI is InChI=1S/C21H15N3O/c25-21-23-13-20(17-12-22-18-10-4-3-9-16(17)18)24(21)19-11-5-7-14-6-1-2-8-15(14)19/h1-13,22H,(H,23,25). The zero-order chi connectivity index (χ0) is 16.8. The number of imidazole rings is 1. The number of benzene rings is 3. The second-order valence-corrected chi connectivity index (χ2v) is 6.06. The van der Waals surface area contributed by atoms with E-state index in [1.807, 2.05) is 54.7 Å². The predicted octanol–water partition coefficient (Wildman–Crippen LogP) is 4.47. The van der Waals surface area contributed by atoms with Crippen LogP contribution in [0.2, 0.25) is 0 Å². The summed E-state index contributed by atoms with van der Waals surface area (Å²) in [5, 5.41) is 3.25. The van der Waals surface area contributed by atoms with Gasteiger partial charge in [0.05, 0.1) is 11.4 Å². The molecule has 0 radical (unpaired) electrons. The lowest BCUT2D eigenvalue weighted by Crippen LogP contribution is -2.16. The summed E-state index contributed by atoms with van der Waals surface area (Å²) in [5.74, 6) is 0. The molecule has 0 amide bonds. The molecule has 0 saturated heterocycles. The van der Waals surface area contributed by atoms with Gasteiger partial charge in [0.1, 0.15) is 0 Å². The number of H-pyrrole nitrogens is 2. The van der Waals surface area contributed by atoms with Crippen molar-refractivity contribution in [3.8, 4) is 16.9 Å².